The first-order valence-corrected chi connectivity index (χ1v) is 10.7. The normalized spacial score (nSPS) is 35.2. The standard InChI is InChI=1S/C23H29BO6/c1-21(2)14-11-16(21)23(5)17(12-14)29-24(30-23)10-9-13-7-8-15(26-6)18-19(13)27-22(3,4)28-20(18)25/h7-10,14,16-17H,11-12H2,1-6H3/b10-9-/t14?,16?,17?,23-/m0/s1. The number of ether oxygens (including phenoxy) is 3. The van der Waals surface area contributed by atoms with Gasteiger partial charge in [-0.05, 0) is 49.1 Å². The van der Waals surface area contributed by atoms with Gasteiger partial charge in [-0.15, -0.1) is 0 Å². The van der Waals surface area contributed by atoms with Crippen molar-refractivity contribution in [1.29, 1.82) is 0 Å². The molecule has 6 rings (SSSR count). The summed E-state index contributed by atoms with van der Waals surface area (Å²) >= 11 is 0. The van der Waals surface area contributed by atoms with Crippen molar-refractivity contribution < 1.29 is 28.3 Å². The molecule has 5 aliphatic rings. The van der Waals surface area contributed by atoms with Gasteiger partial charge in [0.25, 0.3) is 0 Å². The summed E-state index contributed by atoms with van der Waals surface area (Å²) in [5.74, 6) is 2.51. The monoisotopic (exact) mass is 412 g/mol. The molecular formula is C23H29BO6. The second-order valence-corrected chi connectivity index (χ2v) is 10.1. The minimum absolute atomic E-state index is 0.124. The summed E-state index contributed by atoms with van der Waals surface area (Å²) in [6.45, 7) is 10.3. The lowest BCUT2D eigenvalue weighted by molar-refractivity contribution is -0.199. The van der Waals surface area contributed by atoms with E-state index in [1.807, 2.05) is 18.1 Å². The first kappa shape index (κ1) is 19.9. The lowest BCUT2D eigenvalue weighted by Crippen LogP contribution is -2.65. The molecule has 3 aliphatic carbocycles. The fourth-order valence-electron chi connectivity index (χ4n) is 5.89. The van der Waals surface area contributed by atoms with Crippen LogP contribution in [0.5, 0.6) is 11.5 Å². The van der Waals surface area contributed by atoms with Crippen molar-refractivity contribution >= 4 is 19.2 Å². The van der Waals surface area contributed by atoms with Crippen molar-refractivity contribution in [2.75, 3.05) is 7.11 Å². The largest absolute Gasteiger partial charge is 0.496 e. The zero-order valence-corrected chi connectivity index (χ0v) is 18.5. The van der Waals surface area contributed by atoms with Gasteiger partial charge in [0.1, 0.15) is 17.1 Å². The summed E-state index contributed by atoms with van der Waals surface area (Å²) in [6, 6.07) is 3.61. The number of hydrogen-bond acceptors (Lipinski definition) is 6. The molecule has 3 saturated carbocycles. The topological polar surface area (TPSA) is 63.2 Å². The van der Waals surface area contributed by atoms with Crippen molar-refractivity contribution in [3.05, 3.63) is 29.2 Å². The summed E-state index contributed by atoms with van der Waals surface area (Å²) in [6.07, 6.45) is 4.29. The predicted molar refractivity (Wildman–Crippen MR) is 112 cm³/mol. The molecule has 0 spiro atoms. The maximum absolute atomic E-state index is 12.6. The minimum atomic E-state index is -1.05. The van der Waals surface area contributed by atoms with Crippen LogP contribution in [0, 0.1) is 17.3 Å². The zero-order valence-electron chi connectivity index (χ0n) is 18.5. The number of fused-ring (bicyclic) bond motifs is 1. The smallest absolute Gasteiger partial charge is 0.486 e. The SMILES string of the molecule is COc1ccc(/C=C\B2OC3CC4CC(C4(C)C)[C@]3(C)O2)c2c1C(=O)OC(C)(C)O2. The van der Waals surface area contributed by atoms with Crippen LogP contribution in [0.4, 0.5) is 0 Å². The summed E-state index contributed by atoms with van der Waals surface area (Å²) in [7, 11) is 1.10. The van der Waals surface area contributed by atoms with Gasteiger partial charge < -0.3 is 23.5 Å². The van der Waals surface area contributed by atoms with Crippen molar-refractivity contribution in [2.45, 2.75) is 65.0 Å². The maximum Gasteiger partial charge on any atom is 0.486 e. The molecule has 1 aromatic carbocycles. The number of cyclic esters (lactones) is 1. The van der Waals surface area contributed by atoms with Gasteiger partial charge in [0.05, 0.1) is 18.8 Å². The van der Waals surface area contributed by atoms with Gasteiger partial charge in [0.15, 0.2) is 0 Å². The molecule has 2 heterocycles. The minimum Gasteiger partial charge on any atom is -0.496 e. The van der Waals surface area contributed by atoms with Gasteiger partial charge in [-0.3, -0.25) is 0 Å². The number of methoxy groups -OCH3 is 1. The van der Waals surface area contributed by atoms with Crippen LogP contribution >= 0.6 is 0 Å². The molecule has 3 unspecified atom stereocenters. The number of rotatable bonds is 3. The van der Waals surface area contributed by atoms with Gasteiger partial charge in [-0.2, -0.15) is 0 Å². The number of hydrogen-bond donors (Lipinski definition) is 0. The Morgan fingerprint density at radius 2 is 1.90 bits per heavy atom. The van der Waals surface area contributed by atoms with Crippen molar-refractivity contribution in [1.82, 2.24) is 0 Å². The third kappa shape index (κ3) is 2.74. The number of carbonyl (C=O) groups is 1. The molecule has 0 aromatic heterocycles. The highest BCUT2D eigenvalue weighted by atomic mass is 16.7. The molecule has 2 aliphatic heterocycles. The maximum atomic E-state index is 12.6. The molecule has 0 radical (unpaired) electrons. The average molecular weight is 412 g/mol. The second-order valence-electron chi connectivity index (χ2n) is 10.1. The molecule has 4 fully saturated rings. The van der Waals surface area contributed by atoms with E-state index in [2.05, 4.69) is 20.8 Å². The van der Waals surface area contributed by atoms with E-state index >= 15 is 0 Å². The van der Waals surface area contributed by atoms with Crippen molar-refractivity contribution in [2.24, 2.45) is 17.3 Å². The first-order chi connectivity index (χ1) is 14.0. The zero-order chi connectivity index (χ0) is 21.5. The van der Waals surface area contributed by atoms with E-state index in [4.69, 9.17) is 23.5 Å². The summed E-state index contributed by atoms with van der Waals surface area (Å²) in [5.41, 5.74) is 1.11. The van der Waals surface area contributed by atoms with Gasteiger partial charge in [0, 0.05) is 19.4 Å². The molecule has 4 atom stereocenters. The highest BCUT2D eigenvalue weighted by Gasteiger charge is 2.67. The van der Waals surface area contributed by atoms with E-state index in [-0.39, 0.29) is 11.7 Å². The third-order valence-corrected chi connectivity index (χ3v) is 7.66. The lowest BCUT2D eigenvalue weighted by Gasteiger charge is -2.64. The fraction of sp³-hybridized carbons (Fsp3) is 0.609. The van der Waals surface area contributed by atoms with Crippen molar-refractivity contribution in [3.8, 4) is 11.5 Å². The van der Waals surface area contributed by atoms with Crippen LogP contribution in [0.25, 0.3) is 6.08 Å². The Morgan fingerprint density at radius 1 is 1.13 bits per heavy atom. The molecule has 2 bridgehead atoms. The molecule has 1 saturated heterocycles. The van der Waals surface area contributed by atoms with E-state index in [9.17, 15) is 4.79 Å². The third-order valence-electron chi connectivity index (χ3n) is 7.66. The molecule has 160 valence electrons. The Hall–Kier alpha value is -1.99. The summed E-state index contributed by atoms with van der Waals surface area (Å²) in [5, 5.41) is 0. The quantitative estimate of drug-likeness (QED) is 0.546. The predicted octanol–water partition coefficient (Wildman–Crippen LogP) is 4.26. The molecular weight excluding hydrogens is 383 g/mol. The number of benzene rings is 1. The number of esters is 1. The van der Waals surface area contributed by atoms with Gasteiger partial charge >= 0.3 is 13.1 Å². The van der Waals surface area contributed by atoms with Gasteiger partial charge in [-0.1, -0.05) is 25.9 Å². The number of carbonyl (C=O) groups excluding carboxylic acids is 1. The lowest BCUT2D eigenvalue weighted by atomic mass is 9.43. The van der Waals surface area contributed by atoms with E-state index in [0.717, 1.165) is 12.0 Å². The van der Waals surface area contributed by atoms with Crippen LogP contribution < -0.4 is 9.47 Å². The Labute approximate surface area is 178 Å². The Morgan fingerprint density at radius 3 is 2.60 bits per heavy atom. The molecule has 1 aromatic rings. The highest BCUT2D eigenvalue weighted by molar-refractivity contribution is 6.52. The molecule has 6 nitrogen and oxygen atoms in total. The van der Waals surface area contributed by atoms with Crippen LogP contribution in [-0.2, 0) is 14.0 Å². The summed E-state index contributed by atoms with van der Waals surface area (Å²) in [4.78, 5) is 12.6. The Kier molecular flexibility index (Phi) is 4.17. The Balaban J connectivity index is 1.42. The van der Waals surface area contributed by atoms with E-state index in [0.29, 0.717) is 34.3 Å². The van der Waals surface area contributed by atoms with E-state index in [1.54, 1.807) is 19.9 Å². The highest BCUT2D eigenvalue weighted by Crippen LogP contribution is 2.65. The van der Waals surface area contributed by atoms with E-state index < -0.39 is 18.9 Å². The van der Waals surface area contributed by atoms with Crippen LogP contribution in [0.2, 0.25) is 0 Å². The fourth-order valence-corrected chi connectivity index (χ4v) is 5.89. The van der Waals surface area contributed by atoms with Crippen LogP contribution in [-0.4, -0.2) is 37.7 Å². The van der Waals surface area contributed by atoms with Gasteiger partial charge in [0.2, 0.25) is 5.79 Å². The second kappa shape index (κ2) is 6.27. The molecule has 7 heteroatoms. The summed E-state index contributed by atoms with van der Waals surface area (Å²) < 4.78 is 29.4. The molecule has 0 N–H and O–H groups in total. The van der Waals surface area contributed by atoms with Crippen LogP contribution in [0.15, 0.2) is 18.1 Å². The first-order valence-electron chi connectivity index (χ1n) is 10.7. The van der Waals surface area contributed by atoms with Crippen molar-refractivity contribution in [3.63, 3.8) is 0 Å². The van der Waals surface area contributed by atoms with E-state index in [1.165, 1.54) is 13.5 Å². The molecule has 30 heavy (non-hydrogen) atoms. The molecule has 0 amide bonds. The van der Waals surface area contributed by atoms with Crippen LogP contribution in [0.3, 0.4) is 0 Å². The average Bonchev–Trinajstić information content (AvgIpc) is 3.00. The Bertz CT molecular complexity index is 938. The van der Waals surface area contributed by atoms with Crippen LogP contribution in [0.1, 0.15) is 63.4 Å². The van der Waals surface area contributed by atoms with Gasteiger partial charge in [-0.25, -0.2) is 4.79 Å².